The average molecular weight is 347 g/mol. The fourth-order valence-electron chi connectivity index (χ4n) is 2.38. The van der Waals surface area contributed by atoms with Crippen molar-refractivity contribution >= 4 is 17.4 Å². The van der Waals surface area contributed by atoms with Gasteiger partial charge in [0.1, 0.15) is 5.01 Å². The molecule has 0 spiro atoms. The minimum atomic E-state index is -0.965. The van der Waals surface area contributed by atoms with E-state index in [1.165, 1.54) is 11.3 Å². The Labute approximate surface area is 147 Å². The summed E-state index contributed by atoms with van der Waals surface area (Å²) in [4.78, 5) is 18.7. The van der Waals surface area contributed by atoms with Gasteiger partial charge in [-0.05, 0) is 33.3 Å². The smallest absolute Gasteiger partial charge is 0.318 e. The van der Waals surface area contributed by atoms with Crippen LogP contribution in [0.5, 0.6) is 0 Å². The second kappa shape index (κ2) is 7.77. The lowest BCUT2D eigenvalue weighted by molar-refractivity contribution is 0.0443. The molecule has 5 nitrogen and oxygen atoms in total. The normalized spacial score (nSPS) is 12.7. The van der Waals surface area contributed by atoms with E-state index in [0.29, 0.717) is 6.54 Å². The minimum absolute atomic E-state index is 0.170. The highest BCUT2D eigenvalue weighted by Gasteiger charge is 2.24. The molecule has 0 aliphatic carbocycles. The highest BCUT2D eigenvalue weighted by atomic mass is 32.1. The van der Waals surface area contributed by atoms with Crippen molar-refractivity contribution in [1.29, 1.82) is 0 Å². The SMILES string of the molecule is Cc1csc(C(C)NC(=O)N(Cc2ccccc2)CC(C)(C)O)n1. The Morgan fingerprint density at radius 1 is 1.38 bits per heavy atom. The molecule has 0 aliphatic rings. The van der Waals surface area contributed by atoms with Crippen LogP contribution in [0, 0.1) is 6.92 Å². The zero-order chi connectivity index (χ0) is 17.7. The maximum absolute atomic E-state index is 12.7. The summed E-state index contributed by atoms with van der Waals surface area (Å²) in [6, 6.07) is 9.39. The van der Waals surface area contributed by atoms with Crippen LogP contribution in [0.1, 0.15) is 43.1 Å². The highest BCUT2D eigenvalue weighted by Crippen LogP contribution is 2.18. The van der Waals surface area contributed by atoms with Crippen molar-refractivity contribution in [1.82, 2.24) is 15.2 Å². The quantitative estimate of drug-likeness (QED) is 0.840. The Morgan fingerprint density at radius 3 is 2.58 bits per heavy atom. The van der Waals surface area contributed by atoms with E-state index in [1.807, 2.05) is 49.6 Å². The van der Waals surface area contributed by atoms with Gasteiger partial charge in [0.05, 0.1) is 18.2 Å². The number of nitrogens with one attached hydrogen (secondary N) is 1. The van der Waals surface area contributed by atoms with E-state index in [-0.39, 0.29) is 18.6 Å². The third-order valence-electron chi connectivity index (χ3n) is 3.43. The number of hydrogen-bond donors (Lipinski definition) is 2. The lowest BCUT2D eigenvalue weighted by Gasteiger charge is -2.30. The van der Waals surface area contributed by atoms with Crippen LogP contribution in [0.2, 0.25) is 0 Å². The Hall–Kier alpha value is -1.92. The molecule has 1 unspecified atom stereocenters. The molecule has 2 aromatic rings. The maximum Gasteiger partial charge on any atom is 0.318 e. The van der Waals surface area contributed by atoms with Crippen molar-refractivity contribution in [3.8, 4) is 0 Å². The van der Waals surface area contributed by atoms with E-state index in [0.717, 1.165) is 16.3 Å². The predicted molar refractivity (Wildman–Crippen MR) is 96.9 cm³/mol. The van der Waals surface area contributed by atoms with Gasteiger partial charge in [-0.3, -0.25) is 0 Å². The summed E-state index contributed by atoms with van der Waals surface area (Å²) in [6.07, 6.45) is 0. The largest absolute Gasteiger partial charge is 0.389 e. The van der Waals surface area contributed by atoms with Crippen LogP contribution in [-0.4, -0.2) is 33.2 Å². The van der Waals surface area contributed by atoms with Crippen molar-refractivity contribution in [2.24, 2.45) is 0 Å². The molecule has 6 heteroatoms. The lowest BCUT2D eigenvalue weighted by Crippen LogP contribution is -2.47. The zero-order valence-corrected chi connectivity index (χ0v) is 15.4. The molecule has 1 heterocycles. The third-order valence-corrected chi connectivity index (χ3v) is 4.57. The summed E-state index contributed by atoms with van der Waals surface area (Å²) in [5.74, 6) is 0. The molecule has 0 radical (unpaired) electrons. The van der Waals surface area contributed by atoms with E-state index in [9.17, 15) is 9.90 Å². The van der Waals surface area contributed by atoms with Crippen LogP contribution in [0.3, 0.4) is 0 Å². The molecular formula is C18H25N3O2S. The first kappa shape index (κ1) is 18.4. The van der Waals surface area contributed by atoms with Gasteiger partial charge < -0.3 is 15.3 Å². The minimum Gasteiger partial charge on any atom is -0.389 e. The van der Waals surface area contributed by atoms with Gasteiger partial charge in [-0.25, -0.2) is 9.78 Å². The molecule has 0 saturated carbocycles. The highest BCUT2D eigenvalue weighted by molar-refractivity contribution is 7.09. The summed E-state index contributed by atoms with van der Waals surface area (Å²) in [5.41, 5.74) is 1.01. The monoisotopic (exact) mass is 347 g/mol. The first-order valence-corrected chi connectivity index (χ1v) is 8.86. The van der Waals surface area contributed by atoms with Crippen molar-refractivity contribution in [3.05, 3.63) is 52.0 Å². The number of benzene rings is 1. The molecule has 2 rings (SSSR count). The first-order chi connectivity index (χ1) is 11.2. The summed E-state index contributed by atoms with van der Waals surface area (Å²) in [5, 5.41) is 16.0. The number of rotatable bonds is 6. The number of aromatic nitrogens is 1. The molecular weight excluding hydrogens is 322 g/mol. The molecule has 1 aromatic carbocycles. The molecule has 2 N–H and O–H groups in total. The van der Waals surface area contributed by atoms with E-state index >= 15 is 0 Å². The average Bonchev–Trinajstić information content (AvgIpc) is 2.93. The number of carbonyl (C=O) groups excluding carboxylic acids is 1. The van der Waals surface area contributed by atoms with Crippen LogP contribution in [-0.2, 0) is 6.54 Å². The topological polar surface area (TPSA) is 65.5 Å². The predicted octanol–water partition coefficient (Wildman–Crippen LogP) is 3.50. The fourth-order valence-corrected chi connectivity index (χ4v) is 3.18. The molecule has 130 valence electrons. The van der Waals surface area contributed by atoms with Gasteiger partial charge in [0.2, 0.25) is 0 Å². The van der Waals surface area contributed by atoms with Gasteiger partial charge >= 0.3 is 6.03 Å². The summed E-state index contributed by atoms with van der Waals surface area (Å²) in [6.45, 7) is 7.95. The molecule has 0 aliphatic heterocycles. The lowest BCUT2D eigenvalue weighted by atomic mass is 10.1. The molecule has 24 heavy (non-hydrogen) atoms. The number of aryl methyl sites for hydroxylation is 1. The summed E-state index contributed by atoms with van der Waals surface area (Å²) in [7, 11) is 0. The van der Waals surface area contributed by atoms with Crippen LogP contribution in [0.15, 0.2) is 35.7 Å². The fraction of sp³-hybridized carbons (Fsp3) is 0.444. The van der Waals surface area contributed by atoms with Gasteiger partial charge in [-0.1, -0.05) is 30.3 Å². The van der Waals surface area contributed by atoms with Crippen LogP contribution in [0.25, 0.3) is 0 Å². The number of amides is 2. The molecule has 0 saturated heterocycles. The number of urea groups is 1. The molecule has 0 bridgehead atoms. The summed E-state index contributed by atoms with van der Waals surface area (Å²) >= 11 is 1.53. The van der Waals surface area contributed by atoms with E-state index in [4.69, 9.17) is 0 Å². The molecule has 1 atom stereocenters. The molecule has 1 aromatic heterocycles. The number of aliphatic hydroxyl groups is 1. The van der Waals surface area contributed by atoms with Crippen LogP contribution >= 0.6 is 11.3 Å². The number of hydrogen-bond acceptors (Lipinski definition) is 4. The number of thiazole rings is 1. The Bertz CT molecular complexity index is 664. The van der Waals surface area contributed by atoms with Gasteiger partial charge in [-0.2, -0.15) is 0 Å². The van der Waals surface area contributed by atoms with Gasteiger partial charge in [0.25, 0.3) is 0 Å². The Morgan fingerprint density at radius 2 is 2.04 bits per heavy atom. The van der Waals surface area contributed by atoms with Gasteiger partial charge in [-0.15, -0.1) is 11.3 Å². The van der Waals surface area contributed by atoms with Crippen LogP contribution in [0.4, 0.5) is 4.79 Å². The van der Waals surface area contributed by atoms with Crippen molar-refractivity contribution < 1.29 is 9.90 Å². The van der Waals surface area contributed by atoms with E-state index in [1.54, 1.807) is 18.7 Å². The maximum atomic E-state index is 12.7. The van der Waals surface area contributed by atoms with Gasteiger partial charge in [0.15, 0.2) is 0 Å². The zero-order valence-electron chi connectivity index (χ0n) is 14.6. The Balaban J connectivity index is 2.08. The van der Waals surface area contributed by atoms with Crippen molar-refractivity contribution in [2.45, 2.75) is 45.9 Å². The second-order valence-corrected chi connectivity index (χ2v) is 7.54. The van der Waals surface area contributed by atoms with Crippen molar-refractivity contribution in [2.75, 3.05) is 6.54 Å². The van der Waals surface area contributed by atoms with E-state index in [2.05, 4.69) is 10.3 Å². The summed E-state index contributed by atoms with van der Waals surface area (Å²) < 4.78 is 0. The molecule has 0 fully saturated rings. The van der Waals surface area contributed by atoms with Crippen molar-refractivity contribution in [3.63, 3.8) is 0 Å². The Kier molecular flexibility index (Phi) is 5.96. The van der Waals surface area contributed by atoms with Gasteiger partial charge in [0, 0.05) is 17.6 Å². The number of carbonyl (C=O) groups is 1. The molecule has 2 amide bonds. The third kappa shape index (κ3) is 5.62. The first-order valence-electron chi connectivity index (χ1n) is 7.98. The second-order valence-electron chi connectivity index (χ2n) is 6.65. The number of nitrogens with zero attached hydrogens (tertiary/aromatic N) is 2. The standard InChI is InChI=1S/C18H25N3O2S/c1-13-11-24-16(19-13)14(2)20-17(22)21(12-18(3,4)23)10-15-8-6-5-7-9-15/h5-9,11,14,23H,10,12H2,1-4H3,(H,20,22). The van der Waals surface area contributed by atoms with Crippen LogP contribution < -0.4 is 5.32 Å². The van der Waals surface area contributed by atoms with E-state index < -0.39 is 5.60 Å².